The van der Waals surface area contributed by atoms with E-state index >= 15 is 0 Å². The van der Waals surface area contributed by atoms with E-state index in [1.54, 1.807) is 29.2 Å². The highest BCUT2D eigenvalue weighted by Gasteiger charge is 2.22. The van der Waals surface area contributed by atoms with E-state index in [0.29, 0.717) is 50.7 Å². The SMILES string of the molecule is O=C(Nc1cccc(C(=O)N2CCOCC2)c1)C1CNCCO1. The zero-order chi connectivity index (χ0) is 16.1. The molecule has 1 unspecified atom stereocenters. The number of hydrogen-bond acceptors (Lipinski definition) is 5. The van der Waals surface area contributed by atoms with Crippen LogP contribution in [0.3, 0.4) is 0 Å². The molecule has 3 rings (SSSR count). The number of carbonyl (C=O) groups is 2. The molecule has 23 heavy (non-hydrogen) atoms. The van der Waals surface area contributed by atoms with Gasteiger partial charge in [0.15, 0.2) is 0 Å². The second kappa shape index (κ2) is 7.54. The van der Waals surface area contributed by atoms with Gasteiger partial charge in [-0.3, -0.25) is 9.59 Å². The number of benzene rings is 1. The third-order valence-corrected chi connectivity index (χ3v) is 3.90. The fourth-order valence-electron chi connectivity index (χ4n) is 2.64. The predicted octanol–water partition coefficient (Wildman–Crippen LogP) is 0.0859. The summed E-state index contributed by atoms with van der Waals surface area (Å²) < 4.78 is 10.7. The van der Waals surface area contributed by atoms with Gasteiger partial charge >= 0.3 is 0 Å². The number of hydrogen-bond donors (Lipinski definition) is 2. The third kappa shape index (κ3) is 4.07. The first-order valence-corrected chi connectivity index (χ1v) is 7.84. The standard InChI is InChI=1S/C16H21N3O4/c20-15(14-11-17-4-7-23-14)18-13-3-1-2-12(10-13)16(21)19-5-8-22-9-6-19/h1-3,10,14,17H,4-9,11H2,(H,18,20). The summed E-state index contributed by atoms with van der Waals surface area (Å²) in [6.45, 7) is 4.09. The fraction of sp³-hybridized carbons (Fsp3) is 0.500. The lowest BCUT2D eigenvalue weighted by atomic mass is 10.1. The molecular formula is C16H21N3O4. The van der Waals surface area contributed by atoms with Gasteiger partial charge in [-0.2, -0.15) is 0 Å². The first-order valence-electron chi connectivity index (χ1n) is 7.84. The zero-order valence-corrected chi connectivity index (χ0v) is 12.9. The average Bonchev–Trinajstić information content (AvgIpc) is 2.63. The van der Waals surface area contributed by atoms with Gasteiger partial charge in [-0.15, -0.1) is 0 Å². The highest BCUT2D eigenvalue weighted by molar-refractivity contribution is 5.98. The number of nitrogens with zero attached hydrogens (tertiary/aromatic N) is 1. The van der Waals surface area contributed by atoms with Gasteiger partial charge in [-0.25, -0.2) is 0 Å². The summed E-state index contributed by atoms with van der Waals surface area (Å²) in [6, 6.07) is 6.99. The van der Waals surface area contributed by atoms with Gasteiger partial charge in [0.1, 0.15) is 6.10 Å². The number of nitrogens with one attached hydrogen (secondary N) is 2. The fourth-order valence-corrected chi connectivity index (χ4v) is 2.64. The normalized spacial score (nSPS) is 21.7. The second-order valence-corrected chi connectivity index (χ2v) is 5.54. The summed E-state index contributed by atoms with van der Waals surface area (Å²) in [5, 5.41) is 5.93. The Morgan fingerprint density at radius 3 is 2.78 bits per heavy atom. The first kappa shape index (κ1) is 15.9. The largest absolute Gasteiger partial charge is 0.378 e. The predicted molar refractivity (Wildman–Crippen MR) is 84.4 cm³/mol. The summed E-state index contributed by atoms with van der Waals surface area (Å²) in [5.41, 5.74) is 1.16. The Bertz CT molecular complexity index is 566. The lowest BCUT2D eigenvalue weighted by molar-refractivity contribution is -0.128. The number of amides is 2. The number of ether oxygens (including phenoxy) is 2. The van der Waals surface area contributed by atoms with Crippen molar-refractivity contribution in [3.8, 4) is 0 Å². The highest BCUT2D eigenvalue weighted by Crippen LogP contribution is 2.14. The van der Waals surface area contributed by atoms with Crippen LogP contribution in [0.1, 0.15) is 10.4 Å². The molecule has 1 aromatic carbocycles. The zero-order valence-electron chi connectivity index (χ0n) is 12.9. The van der Waals surface area contributed by atoms with E-state index in [1.165, 1.54) is 0 Å². The van der Waals surface area contributed by atoms with E-state index in [-0.39, 0.29) is 11.8 Å². The van der Waals surface area contributed by atoms with Gasteiger partial charge in [0, 0.05) is 37.4 Å². The quantitative estimate of drug-likeness (QED) is 0.825. The minimum atomic E-state index is -0.498. The van der Waals surface area contributed by atoms with Crippen molar-refractivity contribution >= 4 is 17.5 Å². The van der Waals surface area contributed by atoms with E-state index in [9.17, 15) is 9.59 Å². The van der Waals surface area contributed by atoms with Crippen LogP contribution in [0.25, 0.3) is 0 Å². The summed E-state index contributed by atoms with van der Waals surface area (Å²) in [5.74, 6) is -0.242. The van der Waals surface area contributed by atoms with E-state index in [2.05, 4.69) is 10.6 Å². The minimum Gasteiger partial charge on any atom is -0.378 e. The van der Waals surface area contributed by atoms with Gasteiger partial charge in [-0.1, -0.05) is 6.07 Å². The van der Waals surface area contributed by atoms with Crippen LogP contribution < -0.4 is 10.6 Å². The Balaban J connectivity index is 1.64. The average molecular weight is 319 g/mol. The molecular weight excluding hydrogens is 298 g/mol. The molecule has 0 saturated carbocycles. The topological polar surface area (TPSA) is 79.9 Å². The van der Waals surface area contributed by atoms with Crippen molar-refractivity contribution in [2.24, 2.45) is 0 Å². The minimum absolute atomic E-state index is 0.0417. The molecule has 0 radical (unpaired) electrons. The van der Waals surface area contributed by atoms with Crippen molar-refractivity contribution < 1.29 is 19.1 Å². The van der Waals surface area contributed by atoms with Crippen LogP contribution in [0.15, 0.2) is 24.3 Å². The van der Waals surface area contributed by atoms with E-state index in [0.717, 1.165) is 6.54 Å². The second-order valence-electron chi connectivity index (χ2n) is 5.54. The molecule has 2 aliphatic rings. The van der Waals surface area contributed by atoms with Gasteiger partial charge in [0.25, 0.3) is 11.8 Å². The molecule has 2 N–H and O–H groups in total. The third-order valence-electron chi connectivity index (χ3n) is 3.90. The highest BCUT2D eigenvalue weighted by atomic mass is 16.5. The molecule has 7 heteroatoms. The monoisotopic (exact) mass is 319 g/mol. The molecule has 124 valence electrons. The van der Waals surface area contributed by atoms with Crippen molar-refractivity contribution in [1.82, 2.24) is 10.2 Å². The van der Waals surface area contributed by atoms with E-state index in [4.69, 9.17) is 9.47 Å². The molecule has 0 aromatic heterocycles. The van der Waals surface area contributed by atoms with Gasteiger partial charge in [-0.05, 0) is 18.2 Å². The van der Waals surface area contributed by atoms with Crippen LogP contribution in [0, 0.1) is 0 Å². The molecule has 2 fully saturated rings. The molecule has 7 nitrogen and oxygen atoms in total. The Hall–Kier alpha value is -1.96. The molecule has 0 bridgehead atoms. The van der Waals surface area contributed by atoms with Crippen LogP contribution >= 0.6 is 0 Å². The molecule has 0 spiro atoms. The Kier molecular flexibility index (Phi) is 5.22. The van der Waals surface area contributed by atoms with Gasteiger partial charge in [0.2, 0.25) is 0 Å². The molecule has 2 saturated heterocycles. The van der Waals surface area contributed by atoms with Crippen LogP contribution in [-0.4, -0.2) is 68.8 Å². The maximum absolute atomic E-state index is 12.5. The number of morpholine rings is 2. The maximum Gasteiger partial charge on any atom is 0.254 e. The van der Waals surface area contributed by atoms with Crippen LogP contribution in [-0.2, 0) is 14.3 Å². The molecule has 2 aliphatic heterocycles. The van der Waals surface area contributed by atoms with Crippen molar-refractivity contribution in [2.45, 2.75) is 6.10 Å². The molecule has 2 heterocycles. The van der Waals surface area contributed by atoms with E-state index < -0.39 is 6.10 Å². The molecule has 1 aromatic rings. The smallest absolute Gasteiger partial charge is 0.254 e. The lowest BCUT2D eigenvalue weighted by Gasteiger charge is -2.27. The Morgan fingerprint density at radius 1 is 1.22 bits per heavy atom. The van der Waals surface area contributed by atoms with Crippen molar-refractivity contribution in [3.63, 3.8) is 0 Å². The lowest BCUT2D eigenvalue weighted by Crippen LogP contribution is -2.45. The summed E-state index contributed by atoms with van der Waals surface area (Å²) in [4.78, 5) is 26.4. The van der Waals surface area contributed by atoms with Gasteiger partial charge in [0.05, 0.1) is 19.8 Å². The van der Waals surface area contributed by atoms with Crippen molar-refractivity contribution in [2.75, 3.05) is 51.3 Å². The van der Waals surface area contributed by atoms with Crippen molar-refractivity contribution in [1.29, 1.82) is 0 Å². The number of rotatable bonds is 3. The Labute approximate surface area is 134 Å². The summed E-state index contributed by atoms with van der Waals surface area (Å²) in [7, 11) is 0. The van der Waals surface area contributed by atoms with Crippen LogP contribution in [0.5, 0.6) is 0 Å². The summed E-state index contributed by atoms with van der Waals surface area (Å²) >= 11 is 0. The van der Waals surface area contributed by atoms with Crippen LogP contribution in [0.4, 0.5) is 5.69 Å². The Morgan fingerprint density at radius 2 is 2.04 bits per heavy atom. The number of anilines is 1. The van der Waals surface area contributed by atoms with E-state index in [1.807, 2.05) is 0 Å². The molecule has 1 atom stereocenters. The first-order chi connectivity index (χ1) is 11.2. The van der Waals surface area contributed by atoms with Crippen molar-refractivity contribution in [3.05, 3.63) is 29.8 Å². The van der Waals surface area contributed by atoms with Gasteiger partial charge < -0.3 is 25.0 Å². The summed E-state index contributed by atoms with van der Waals surface area (Å²) in [6.07, 6.45) is -0.498. The molecule has 0 aliphatic carbocycles. The molecule has 2 amide bonds. The number of carbonyl (C=O) groups excluding carboxylic acids is 2. The van der Waals surface area contributed by atoms with Crippen LogP contribution in [0.2, 0.25) is 0 Å². The maximum atomic E-state index is 12.5.